The Morgan fingerprint density at radius 1 is 0.653 bits per heavy atom. The molecule has 0 unspecified atom stereocenters. The fourth-order valence-corrected chi connectivity index (χ4v) is 10.2. The van der Waals surface area contributed by atoms with Crippen molar-refractivity contribution in [3.8, 4) is 0 Å². The molecule has 0 bridgehead atoms. The van der Waals surface area contributed by atoms with Crippen LogP contribution in [-0.2, 0) is 16.2 Å². The third kappa shape index (κ3) is 4.45. The summed E-state index contributed by atoms with van der Waals surface area (Å²) in [6.07, 6.45) is 2.43. The number of para-hydroxylation sites is 2. The van der Waals surface area contributed by atoms with Gasteiger partial charge in [-0.05, 0) is 118 Å². The van der Waals surface area contributed by atoms with Gasteiger partial charge in [0.1, 0.15) is 0 Å². The van der Waals surface area contributed by atoms with Gasteiger partial charge in [0, 0.05) is 43.3 Å². The van der Waals surface area contributed by atoms with Crippen molar-refractivity contribution in [2.75, 3.05) is 9.80 Å². The quantitative estimate of drug-likeness (QED) is 0.171. The Morgan fingerprint density at radius 3 is 1.98 bits per heavy atom. The van der Waals surface area contributed by atoms with E-state index in [1.807, 2.05) is 11.3 Å². The Bertz CT molecular complexity index is 2310. The Labute approximate surface area is 296 Å². The highest BCUT2D eigenvalue weighted by Crippen LogP contribution is 2.52. The van der Waals surface area contributed by atoms with Crippen LogP contribution in [0.4, 0.5) is 34.1 Å². The average molecular weight is 657 g/mol. The predicted molar refractivity (Wildman–Crippen MR) is 215 cm³/mol. The largest absolute Gasteiger partial charge is 0.311 e. The van der Waals surface area contributed by atoms with E-state index in [9.17, 15) is 0 Å². The molecule has 2 aliphatic heterocycles. The van der Waals surface area contributed by atoms with E-state index in [0.29, 0.717) is 0 Å². The SMILES string of the molecule is Cc1ccccc1N1c2ccc(C(C)(C)C)cc2B2c3sc4cc5c(cc4c3N(c3ccccc3)c3cccc1c32)C(C)(C)CCC5(C)C. The number of benzene rings is 5. The maximum absolute atomic E-state index is 2.60. The molecule has 1 aromatic heterocycles. The van der Waals surface area contributed by atoms with E-state index in [0.717, 1.165) is 0 Å². The van der Waals surface area contributed by atoms with Crippen molar-refractivity contribution in [3.05, 3.63) is 125 Å². The van der Waals surface area contributed by atoms with E-state index in [1.54, 1.807) is 0 Å². The van der Waals surface area contributed by atoms with Crippen LogP contribution in [0.5, 0.6) is 0 Å². The molecule has 1 aliphatic carbocycles. The minimum absolute atomic E-state index is 0.0340. The van der Waals surface area contributed by atoms with Gasteiger partial charge >= 0.3 is 0 Å². The molecule has 0 N–H and O–H groups in total. The molecular formula is C45H45BN2S. The summed E-state index contributed by atoms with van der Waals surface area (Å²) in [4.78, 5) is 5.13. The first-order chi connectivity index (χ1) is 23.3. The zero-order valence-corrected chi connectivity index (χ0v) is 30.9. The molecule has 0 spiro atoms. The molecule has 9 rings (SSSR count). The van der Waals surface area contributed by atoms with Crippen LogP contribution >= 0.6 is 11.3 Å². The fraction of sp³-hybridized carbons (Fsp3) is 0.289. The standard InChI is InChI=1S/C45H45BN2S/c1-28-15-12-13-18-35(28)48-36-22-21-29(43(2,3)4)25-34(36)46-40-37(19-14-20-38(40)48)47(30-16-10-9-11-17-30)41-31-26-32-33(27-39(31)49-42(41)46)45(7,8)24-23-44(32,5)6/h9-22,25-27H,23-24H2,1-8H3. The summed E-state index contributed by atoms with van der Waals surface area (Å²) in [6.45, 7) is 19.2. The summed E-state index contributed by atoms with van der Waals surface area (Å²) in [5.74, 6) is 0. The van der Waals surface area contributed by atoms with Crippen LogP contribution < -0.4 is 25.5 Å². The second kappa shape index (κ2) is 10.4. The number of hydrogen-bond acceptors (Lipinski definition) is 3. The van der Waals surface area contributed by atoms with Gasteiger partial charge in [-0.15, -0.1) is 11.3 Å². The van der Waals surface area contributed by atoms with Crippen molar-refractivity contribution in [2.24, 2.45) is 0 Å². The molecule has 3 aliphatic rings. The summed E-state index contributed by atoms with van der Waals surface area (Å²) in [6, 6.07) is 39.4. The van der Waals surface area contributed by atoms with Gasteiger partial charge in [0.25, 0.3) is 6.71 Å². The Morgan fingerprint density at radius 2 is 1.29 bits per heavy atom. The number of rotatable bonds is 2. The van der Waals surface area contributed by atoms with E-state index in [2.05, 4.69) is 168 Å². The number of aryl methyl sites for hydroxylation is 1. The Kier molecular flexibility index (Phi) is 6.51. The molecule has 0 radical (unpaired) electrons. The number of anilines is 6. The minimum Gasteiger partial charge on any atom is -0.311 e. The molecule has 0 saturated carbocycles. The first-order valence-corrected chi connectivity index (χ1v) is 18.8. The highest BCUT2D eigenvalue weighted by Gasteiger charge is 2.46. The summed E-state index contributed by atoms with van der Waals surface area (Å²) < 4.78 is 2.85. The summed E-state index contributed by atoms with van der Waals surface area (Å²) in [5, 5.41) is 1.39. The van der Waals surface area contributed by atoms with Gasteiger partial charge in [-0.25, -0.2) is 0 Å². The number of thiophene rings is 1. The molecule has 2 nitrogen and oxygen atoms in total. The first kappa shape index (κ1) is 30.8. The van der Waals surface area contributed by atoms with Gasteiger partial charge in [-0.2, -0.15) is 0 Å². The lowest BCUT2D eigenvalue weighted by Crippen LogP contribution is -2.60. The van der Waals surface area contributed by atoms with E-state index in [1.165, 1.54) is 95.0 Å². The van der Waals surface area contributed by atoms with E-state index in [4.69, 9.17) is 0 Å². The van der Waals surface area contributed by atoms with Crippen molar-refractivity contribution in [3.63, 3.8) is 0 Å². The van der Waals surface area contributed by atoms with Crippen molar-refractivity contribution in [2.45, 2.75) is 84.5 Å². The van der Waals surface area contributed by atoms with Crippen molar-refractivity contribution in [1.82, 2.24) is 0 Å². The van der Waals surface area contributed by atoms with E-state index < -0.39 is 0 Å². The predicted octanol–water partition coefficient (Wildman–Crippen LogP) is 10.9. The molecule has 6 aromatic rings. The van der Waals surface area contributed by atoms with Gasteiger partial charge in [0.2, 0.25) is 0 Å². The molecule has 5 aromatic carbocycles. The molecule has 49 heavy (non-hydrogen) atoms. The van der Waals surface area contributed by atoms with Crippen LogP contribution in [0.15, 0.2) is 103 Å². The lowest BCUT2D eigenvalue weighted by Gasteiger charge is -2.44. The molecule has 0 amide bonds. The highest BCUT2D eigenvalue weighted by molar-refractivity contribution is 7.33. The number of fused-ring (bicyclic) bond motifs is 7. The number of hydrogen-bond donors (Lipinski definition) is 0. The normalized spacial score (nSPS) is 17.0. The third-order valence-electron chi connectivity index (χ3n) is 11.8. The molecular weight excluding hydrogens is 611 g/mol. The maximum Gasteiger partial charge on any atom is 0.264 e. The van der Waals surface area contributed by atoms with Crippen molar-refractivity contribution < 1.29 is 0 Å². The van der Waals surface area contributed by atoms with Crippen molar-refractivity contribution >= 4 is 78.0 Å². The van der Waals surface area contributed by atoms with Crippen LogP contribution in [0.2, 0.25) is 0 Å². The lowest BCUT2D eigenvalue weighted by molar-refractivity contribution is 0.332. The van der Waals surface area contributed by atoms with Crippen LogP contribution in [0.25, 0.3) is 10.1 Å². The molecule has 0 atom stereocenters. The van der Waals surface area contributed by atoms with E-state index in [-0.39, 0.29) is 23.0 Å². The second-order valence-corrected chi connectivity index (χ2v) is 18.0. The molecule has 0 fully saturated rings. The third-order valence-corrected chi connectivity index (χ3v) is 13.0. The summed E-state index contributed by atoms with van der Waals surface area (Å²) in [5.41, 5.74) is 16.5. The fourth-order valence-electron chi connectivity index (χ4n) is 8.87. The van der Waals surface area contributed by atoms with Crippen LogP contribution in [0.1, 0.15) is 83.6 Å². The Hall–Kier alpha value is -4.28. The molecule has 4 heteroatoms. The zero-order valence-electron chi connectivity index (χ0n) is 30.1. The van der Waals surface area contributed by atoms with Gasteiger partial charge < -0.3 is 9.80 Å². The molecule has 0 saturated heterocycles. The van der Waals surface area contributed by atoms with Crippen LogP contribution in [0, 0.1) is 6.92 Å². The Balaban J connectivity index is 1.42. The highest BCUT2D eigenvalue weighted by atomic mass is 32.1. The monoisotopic (exact) mass is 656 g/mol. The second-order valence-electron chi connectivity index (χ2n) is 16.9. The van der Waals surface area contributed by atoms with Gasteiger partial charge in [0.15, 0.2) is 0 Å². The van der Waals surface area contributed by atoms with Crippen molar-refractivity contribution in [1.29, 1.82) is 0 Å². The van der Waals surface area contributed by atoms with Gasteiger partial charge in [-0.1, -0.05) is 103 Å². The molecule has 3 heterocycles. The average Bonchev–Trinajstić information content (AvgIpc) is 3.45. The van der Waals surface area contributed by atoms with Gasteiger partial charge in [0.05, 0.1) is 5.69 Å². The minimum atomic E-state index is 0.0340. The summed E-state index contributed by atoms with van der Waals surface area (Å²) in [7, 11) is 0. The van der Waals surface area contributed by atoms with E-state index >= 15 is 0 Å². The maximum atomic E-state index is 2.60. The topological polar surface area (TPSA) is 6.48 Å². The summed E-state index contributed by atoms with van der Waals surface area (Å²) >= 11 is 2.03. The smallest absolute Gasteiger partial charge is 0.264 e. The van der Waals surface area contributed by atoms with Crippen LogP contribution in [-0.4, -0.2) is 6.71 Å². The van der Waals surface area contributed by atoms with Crippen LogP contribution in [0.3, 0.4) is 0 Å². The first-order valence-electron chi connectivity index (χ1n) is 17.9. The molecule has 244 valence electrons. The zero-order chi connectivity index (χ0) is 34.0. The van der Waals surface area contributed by atoms with Gasteiger partial charge in [-0.3, -0.25) is 0 Å². The number of nitrogens with zero attached hydrogens (tertiary/aromatic N) is 2. The lowest BCUT2D eigenvalue weighted by atomic mass is 9.36.